The van der Waals surface area contributed by atoms with Crippen LogP contribution in [0, 0.1) is 5.41 Å². The Morgan fingerprint density at radius 2 is 2.37 bits per heavy atom. The van der Waals surface area contributed by atoms with Crippen LogP contribution in [0.1, 0.15) is 37.6 Å². The molecular formula is C14H20N2O3. The number of nitrogens with one attached hydrogen (secondary N) is 1. The monoisotopic (exact) mass is 264 g/mol. The lowest BCUT2D eigenvalue weighted by Crippen LogP contribution is -2.58. The Balaban J connectivity index is 2.10. The molecule has 1 saturated carbocycles. The molecule has 2 rings (SSSR count). The van der Waals surface area contributed by atoms with Crippen LogP contribution >= 0.6 is 0 Å². The zero-order chi connectivity index (χ0) is 14.0. The number of nitrogens with zero attached hydrogens (tertiary/aromatic N) is 1. The van der Waals surface area contributed by atoms with E-state index in [-0.39, 0.29) is 23.1 Å². The Bertz CT molecular complexity index is 474. The largest absolute Gasteiger partial charge is 0.478 e. The summed E-state index contributed by atoms with van der Waals surface area (Å²) in [5.41, 5.74) is 0.823. The van der Waals surface area contributed by atoms with Crippen LogP contribution in [0.25, 0.3) is 0 Å². The molecule has 5 heteroatoms. The van der Waals surface area contributed by atoms with E-state index in [1.807, 2.05) is 6.92 Å². The molecule has 0 aliphatic heterocycles. The van der Waals surface area contributed by atoms with Crippen molar-refractivity contribution >= 4 is 11.7 Å². The maximum Gasteiger partial charge on any atom is 0.339 e. The van der Waals surface area contributed by atoms with Gasteiger partial charge in [0.1, 0.15) is 5.56 Å². The summed E-state index contributed by atoms with van der Waals surface area (Å²) in [6, 6.07) is 1.91. The zero-order valence-electron chi connectivity index (χ0n) is 11.5. The van der Waals surface area contributed by atoms with E-state index in [2.05, 4.69) is 24.1 Å². The van der Waals surface area contributed by atoms with Crippen molar-refractivity contribution in [1.29, 1.82) is 0 Å². The Hall–Kier alpha value is -1.62. The normalized spacial score (nSPS) is 24.6. The SMILES string of the molecule is CCOC1CC(Nc2ccncc2C(=O)O)C1(C)C. The number of hydrogen-bond acceptors (Lipinski definition) is 4. The molecule has 1 heterocycles. The summed E-state index contributed by atoms with van der Waals surface area (Å²) in [5, 5.41) is 12.4. The van der Waals surface area contributed by atoms with Gasteiger partial charge in [-0.15, -0.1) is 0 Å². The van der Waals surface area contributed by atoms with Crippen molar-refractivity contribution in [3.05, 3.63) is 24.0 Å². The fourth-order valence-electron chi connectivity index (χ4n) is 2.49. The smallest absolute Gasteiger partial charge is 0.339 e. The number of carboxylic acids is 1. The summed E-state index contributed by atoms with van der Waals surface area (Å²) in [7, 11) is 0. The molecule has 1 fully saturated rings. The van der Waals surface area contributed by atoms with E-state index in [4.69, 9.17) is 9.84 Å². The van der Waals surface area contributed by atoms with Crippen LogP contribution in [0.3, 0.4) is 0 Å². The minimum atomic E-state index is -0.964. The fraction of sp³-hybridized carbons (Fsp3) is 0.571. The maximum absolute atomic E-state index is 11.1. The number of carbonyl (C=O) groups is 1. The van der Waals surface area contributed by atoms with Crippen LogP contribution < -0.4 is 5.32 Å². The van der Waals surface area contributed by atoms with Gasteiger partial charge in [-0.05, 0) is 19.4 Å². The highest BCUT2D eigenvalue weighted by atomic mass is 16.5. The van der Waals surface area contributed by atoms with Gasteiger partial charge in [0.25, 0.3) is 0 Å². The van der Waals surface area contributed by atoms with Gasteiger partial charge < -0.3 is 15.2 Å². The van der Waals surface area contributed by atoms with Crippen LogP contribution in [0.15, 0.2) is 18.5 Å². The molecule has 2 unspecified atom stereocenters. The lowest BCUT2D eigenvalue weighted by molar-refractivity contribution is -0.0976. The van der Waals surface area contributed by atoms with Gasteiger partial charge in [0.15, 0.2) is 0 Å². The molecule has 0 radical (unpaired) electrons. The molecule has 104 valence electrons. The summed E-state index contributed by atoms with van der Waals surface area (Å²) < 4.78 is 5.67. The lowest BCUT2D eigenvalue weighted by Gasteiger charge is -2.52. The average Bonchev–Trinajstić information content (AvgIpc) is 2.38. The van der Waals surface area contributed by atoms with Crippen LogP contribution in [0.2, 0.25) is 0 Å². The van der Waals surface area contributed by atoms with Gasteiger partial charge in [0.05, 0.1) is 11.8 Å². The molecule has 0 amide bonds. The van der Waals surface area contributed by atoms with E-state index in [9.17, 15) is 4.79 Å². The predicted octanol–water partition coefficient (Wildman–Crippen LogP) is 2.40. The molecule has 19 heavy (non-hydrogen) atoms. The van der Waals surface area contributed by atoms with Crippen LogP contribution in [-0.4, -0.2) is 34.8 Å². The first-order chi connectivity index (χ1) is 8.96. The fourth-order valence-corrected chi connectivity index (χ4v) is 2.49. The number of pyridine rings is 1. The highest BCUT2D eigenvalue weighted by molar-refractivity contribution is 5.93. The van der Waals surface area contributed by atoms with Crippen molar-refractivity contribution in [3.8, 4) is 0 Å². The molecule has 2 N–H and O–H groups in total. The highest BCUT2D eigenvalue weighted by Gasteiger charge is 2.49. The standard InChI is InChI=1S/C14H20N2O3/c1-4-19-12-7-11(14(12,2)3)16-10-5-6-15-8-9(10)13(17)18/h5-6,8,11-12H,4,7H2,1-3H3,(H,15,16)(H,17,18). The molecule has 5 nitrogen and oxygen atoms in total. The molecule has 1 aromatic rings. The van der Waals surface area contributed by atoms with Gasteiger partial charge in [-0.25, -0.2) is 4.79 Å². The van der Waals surface area contributed by atoms with Gasteiger partial charge in [0.2, 0.25) is 0 Å². The van der Waals surface area contributed by atoms with E-state index in [0.29, 0.717) is 12.3 Å². The van der Waals surface area contributed by atoms with E-state index in [1.165, 1.54) is 6.20 Å². The van der Waals surface area contributed by atoms with Crippen LogP contribution in [0.5, 0.6) is 0 Å². The number of carboxylic acid groups (broad SMARTS) is 1. The third-order valence-corrected chi connectivity index (χ3v) is 3.93. The summed E-state index contributed by atoms with van der Waals surface area (Å²) in [6.45, 7) is 6.96. The molecule has 1 aliphatic carbocycles. The van der Waals surface area contributed by atoms with Crippen molar-refractivity contribution in [3.63, 3.8) is 0 Å². The van der Waals surface area contributed by atoms with Gasteiger partial charge in [-0.1, -0.05) is 13.8 Å². The van der Waals surface area contributed by atoms with E-state index in [1.54, 1.807) is 12.3 Å². The first kappa shape index (κ1) is 13.8. The highest BCUT2D eigenvalue weighted by Crippen LogP contribution is 2.44. The molecule has 0 saturated heterocycles. The zero-order valence-corrected chi connectivity index (χ0v) is 11.5. The van der Waals surface area contributed by atoms with Crippen molar-refractivity contribution in [2.45, 2.75) is 39.3 Å². The third-order valence-electron chi connectivity index (χ3n) is 3.93. The average molecular weight is 264 g/mol. The van der Waals surface area contributed by atoms with Crippen LogP contribution in [-0.2, 0) is 4.74 Å². The van der Waals surface area contributed by atoms with E-state index >= 15 is 0 Å². The predicted molar refractivity (Wildman–Crippen MR) is 72.4 cm³/mol. The lowest BCUT2D eigenvalue weighted by atomic mass is 9.64. The second-order valence-electron chi connectivity index (χ2n) is 5.42. The molecule has 0 bridgehead atoms. The number of rotatable bonds is 5. The van der Waals surface area contributed by atoms with Crippen molar-refractivity contribution in [1.82, 2.24) is 4.98 Å². The van der Waals surface area contributed by atoms with E-state index in [0.717, 1.165) is 6.42 Å². The van der Waals surface area contributed by atoms with Gasteiger partial charge >= 0.3 is 5.97 Å². The quantitative estimate of drug-likeness (QED) is 0.854. The Morgan fingerprint density at radius 3 is 2.95 bits per heavy atom. The van der Waals surface area contributed by atoms with Crippen molar-refractivity contribution in [2.24, 2.45) is 5.41 Å². The molecular weight excluding hydrogens is 244 g/mol. The second-order valence-corrected chi connectivity index (χ2v) is 5.42. The van der Waals surface area contributed by atoms with Crippen molar-refractivity contribution < 1.29 is 14.6 Å². The van der Waals surface area contributed by atoms with Gasteiger partial charge in [-0.2, -0.15) is 0 Å². The topological polar surface area (TPSA) is 71.5 Å². The molecule has 0 aromatic carbocycles. The summed E-state index contributed by atoms with van der Waals surface area (Å²) in [6.07, 6.45) is 4.09. The minimum absolute atomic E-state index is 0.00491. The Morgan fingerprint density at radius 1 is 1.63 bits per heavy atom. The summed E-state index contributed by atoms with van der Waals surface area (Å²) >= 11 is 0. The first-order valence-corrected chi connectivity index (χ1v) is 6.52. The molecule has 1 aliphatic rings. The summed E-state index contributed by atoms with van der Waals surface area (Å²) in [4.78, 5) is 15.0. The third kappa shape index (κ3) is 2.56. The molecule has 0 spiro atoms. The Kier molecular flexibility index (Phi) is 3.75. The van der Waals surface area contributed by atoms with Gasteiger partial charge in [-0.3, -0.25) is 4.98 Å². The van der Waals surface area contributed by atoms with Crippen LogP contribution in [0.4, 0.5) is 5.69 Å². The number of anilines is 1. The maximum atomic E-state index is 11.1. The number of aromatic carboxylic acids is 1. The van der Waals surface area contributed by atoms with E-state index < -0.39 is 5.97 Å². The van der Waals surface area contributed by atoms with Gasteiger partial charge in [0, 0.05) is 30.5 Å². The first-order valence-electron chi connectivity index (χ1n) is 6.52. The van der Waals surface area contributed by atoms with Crippen molar-refractivity contribution in [2.75, 3.05) is 11.9 Å². The number of aromatic nitrogens is 1. The summed E-state index contributed by atoms with van der Waals surface area (Å²) in [5.74, 6) is -0.964. The number of hydrogen-bond donors (Lipinski definition) is 2. The number of ether oxygens (including phenoxy) is 1. The minimum Gasteiger partial charge on any atom is -0.478 e. The molecule has 2 atom stereocenters. The molecule has 1 aromatic heterocycles. The Labute approximate surface area is 113 Å². The second kappa shape index (κ2) is 5.17.